The van der Waals surface area contributed by atoms with Crippen molar-refractivity contribution < 1.29 is 4.74 Å². The van der Waals surface area contributed by atoms with E-state index in [1.54, 1.807) is 0 Å². The third-order valence-electron chi connectivity index (χ3n) is 1.16. The minimum atomic E-state index is -0.504. The van der Waals surface area contributed by atoms with E-state index in [1.165, 1.54) is 13.2 Å². The van der Waals surface area contributed by atoms with Gasteiger partial charge in [-0.05, 0) is 0 Å². The Morgan fingerprint density at radius 1 is 1.55 bits per heavy atom. The van der Waals surface area contributed by atoms with Crippen LogP contribution in [0.5, 0.6) is 0 Å². The highest BCUT2D eigenvalue weighted by Crippen LogP contribution is 1.87. The number of hydrogen-bond acceptors (Lipinski definition) is 3. The molecule has 0 radical (unpaired) electrons. The Kier molecular flexibility index (Phi) is 2.17. The van der Waals surface area contributed by atoms with E-state index in [0.29, 0.717) is 12.3 Å². The van der Waals surface area contributed by atoms with Gasteiger partial charge in [-0.15, -0.1) is 0 Å². The quantitative estimate of drug-likeness (QED) is 0.555. The summed E-state index contributed by atoms with van der Waals surface area (Å²) in [6, 6.07) is 1.39. The van der Waals surface area contributed by atoms with Gasteiger partial charge in [-0.25, -0.2) is 5.10 Å². The molecule has 0 bridgehead atoms. The number of H-pyrrole nitrogens is 2. The number of nitrogens with zero attached hydrogens (tertiary/aromatic N) is 1. The fourth-order valence-electron chi connectivity index (χ4n) is 0.713. The van der Waals surface area contributed by atoms with Crippen molar-refractivity contribution in [2.24, 2.45) is 0 Å². The first-order chi connectivity index (χ1) is 5.24. The van der Waals surface area contributed by atoms with Gasteiger partial charge in [0.05, 0.1) is 18.4 Å². The maximum atomic E-state index is 10.1. The summed E-state index contributed by atoms with van der Waals surface area (Å²) in [7, 11) is 1.52. The van der Waals surface area contributed by atoms with Crippen LogP contribution >= 0.6 is 0 Å². The highest BCUT2D eigenvalue weighted by molar-refractivity contribution is 4.96. The molecule has 62 valence electrons. The molecule has 0 unspecified atom stereocenters. The average molecular weight is 158 g/mol. The van der Waals surface area contributed by atoms with Crippen molar-refractivity contribution in [1.29, 1.82) is 0 Å². The summed E-state index contributed by atoms with van der Waals surface area (Å²) in [5.41, 5.74) is 0.594. The van der Waals surface area contributed by atoms with Crippen LogP contribution in [-0.4, -0.2) is 17.3 Å². The number of ether oxygens (including phenoxy) is 1. The van der Waals surface area contributed by atoms with Crippen LogP contribution in [0.15, 0.2) is 6.07 Å². The first-order valence-corrected chi connectivity index (χ1v) is 2.97. The Labute approximate surface area is 62.3 Å². The van der Waals surface area contributed by atoms with Gasteiger partial charge in [0.25, 0.3) is 0 Å². The van der Waals surface area contributed by atoms with Crippen molar-refractivity contribution in [3.63, 3.8) is 0 Å². The second-order valence-electron chi connectivity index (χ2n) is 1.99. The van der Waals surface area contributed by atoms with Gasteiger partial charge < -0.3 is 15.2 Å². The average Bonchev–Trinajstić information content (AvgIpc) is 2.37. The summed E-state index contributed by atoms with van der Waals surface area (Å²) < 4.78 is 4.75. The lowest BCUT2D eigenvalue weighted by Gasteiger charge is -2.06. The van der Waals surface area contributed by atoms with Gasteiger partial charge in [-0.1, -0.05) is 0 Å². The zero-order chi connectivity index (χ0) is 8.27. The molecule has 0 aromatic carbocycles. The number of aromatic amines is 2. The van der Waals surface area contributed by atoms with Gasteiger partial charge >= 0.3 is 5.49 Å². The van der Waals surface area contributed by atoms with Crippen molar-refractivity contribution in [2.75, 3.05) is 7.11 Å². The molecule has 1 aromatic rings. The Balaban J connectivity index is 2.91. The Hall–Kier alpha value is -1.43. The maximum Gasteiger partial charge on any atom is 0.301 e. The van der Waals surface area contributed by atoms with Crippen molar-refractivity contribution in [2.45, 2.75) is 6.61 Å². The van der Waals surface area contributed by atoms with Gasteiger partial charge in [-0.3, -0.25) is 4.90 Å². The number of nitrogens with one attached hydrogen (secondary N) is 2. The van der Waals surface area contributed by atoms with E-state index in [-0.39, 0.29) is 5.49 Å². The van der Waals surface area contributed by atoms with Crippen LogP contribution < -0.4 is 10.4 Å². The van der Waals surface area contributed by atoms with E-state index in [2.05, 4.69) is 10.2 Å². The molecule has 2 N–H and O–H groups in total. The van der Waals surface area contributed by atoms with Gasteiger partial charge in [-0.2, -0.15) is 5.10 Å². The summed E-state index contributed by atoms with van der Waals surface area (Å²) in [5, 5.41) is 25.2. The Morgan fingerprint density at radius 2 is 2.27 bits per heavy atom. The van der Waals surface area contributed by atoms with E-state index in [1.807, 2.05) is 0 Å². The van der Waals surface area contributed by atoms with E-state index < -0.39 is 4.90 Å². The third kappa shape index (κ3) is 1.74. The highest BCUT2D eigenvalue weighted by Gasteiger charge is 1.96. The number of aromatic nitrogens is 2. The largest absolute Gasteiger partial charge is 0.712 e. The van der Waals surface area contributed by atoms with Crippen LogP contribution in [-0.2, 0) is 11.3 Å². The fraction of sp³-hybridized carbons (Fsp3) is 0.400. The van der Waals surface area contributed by atoms with Gasteiger partial charge in [0.15, 0.2) is 0 Å². The Bertz CT molecular complexity index is 283. The highest BCUT2D eigenvalue weighted by atomic mass is 16.8. The SMILES string of the molecule is COCc1cc(=[N+]([O-])[O-])[nH][nH]1. The van der Waals surface area contributed by atoms with Crippen LogP contribution in [0.1, 0.15) is 5.69 Å². The van der Waals surface area contributed by atoms with E-state index in [0.717, 1.165) is 0 Å². The monoisotopic (exact) mass is 158 g/mol. The first kappa shape index (κ1) is 7.67. The fourth-order valence-corrected chi connectivity index (χ4v) is 0.713. The lowest BCUT2D eigenvalue weighted by atomic mass is 10.5. The second kappa shape index (κ2) is 3.11. The molecular weight excluding hydrogens is 150 g/mol. The van der Waals surface area contributed by atoms with Crippen LogP contribution in [0.3, 0.4) is 0 Å². The first-order valence-electron chi connectivity index (χ1n) is 2.97. The predicted molar refractivity (Wildman–Crippen MR) is 37.9 cm³/mol. The summed E-state index contributed by atoms with van der Waals surface area (Å²) in [5.74, 6) is 0. The third-order valence-corrected chi connectivity index (χ3v) is 1.16. The molecule has 0 fully saturated rings. The minimum absolute atomic E-state index is 0.0583. The molecule has 6 nitrogen and oxygen atoms in total. The molecule has 6 heteroatoms. The predicted octanol–water partition coefficient (Wildman–Crippen LogP) is -0.743. The topological polar surface area (TPSA) is 89.9 Å². The molecule has 0 saturated carbocycles. The maximum absolute atomic E-state index is 10.1. The van der Waals surface area contributed by atoms with Crippen LogP contribution in [0.2, 0.25) is 0 Å². The molecule has 0 saturated heterocycles. The van der Waals surface area contributed by atoms with Crippen molar-refractivity contribution in [3.8, 4) is 0 Å². The molecule has 1 rings (SSSR count). The van der Waals surface area contributed by atoms with Crippen LogP contribution in [0.4, 0.5) is 0 Å². The molecular formula is C5H8N3O3-. The van der Waals surface area contributed by atoms with E-state index >= 15 is 0 Å². The van der Waals surface area contributed by atoms with Crippen LogP contribution in [0.25, 0.3) is 0 Å². The molecule has 1 heterocycles. The molecule has 0 atom stereocenters. The summed E-state index contributed by atoms with van der Waals surface area (Å²) in [6.45, 7) is 0.338. The summed E-state index contributed by atoms with van der Waals surface area (Å²) >= 11 is 0. The lowest BCUT2D eigenvalue weighted by Crippen LogP contribution is -2.18. The Morgan fingerprint density at radius 3 is 2.73 bits per heavy atom. The van der Waals surface area contributed by atoms with E-state index in [9.17, 15) is 10.4 Å². The number of rotatable bonds is 2. The van der Waals surface area contributed by atoms with E-state index in [4.69, 9.17) is 4.74 Å². The zero-order valence-electron chi connectivity index (χ0n) is 5.96. The minimum Gasteiger partial charge on any atom is -0.712 e. The summed E-state index contributed by atoms with van der Waals surface area (Å²) in [4.78, 5) is -0.504. The smallest absolute Gasteiger partial charge is 0.301 e. The van der Waals surface area contributed by atoms with Crippen LogP contribution in [0, 0.1) is 10.4 Å². The van der Waals surface area contributed by atoms with Crippen molar-refractivity contribution in [1.82, 2.24) is 15.1 Å². The second-order valence-corrected chi connectivity index (χ2v) is 1.99. The molecule has 0 amide bonds. The number of hydrogen-bond donors (Lipinski definition) is 2. The van der Waals surface area contributed by atoms with Gasteiger partial charge in [0.2, 0.25) is 0 Å². The molecule has 1 aromatic heterocycles. The standard InChI is InChI=1S/C5H8N3O3/c1-11-3-4-2-5(7-6-4)8(9)10/h2,6-7H,3H2,1H3/q-1. The number of methoxy groups -OCH3 is 1. The van der Waals surface area contributed by atoms with Crippen molar-refractivity contribution >= 4 is 0 Å². The summed E-state index contributed by atoms with van der Waals surface area (Å²) in [6.07, 6.45) is 0. The normalized spacial score (nSPS) is 9.91. The molecule has 0 aliphatic rings. The zero-order valence-corrected chi connectivity index (χ0v) is 5.96. The molecule has 0 aliphatic carbocycles. The molecule has 0 spiro atoms. The molecule has 11 heavy (non-hydrogen) atoms. The van der Waals surface area contributed by atoms with Gasteiger partial charge in [0.1, 0.15) is 0 Å². The lowest BCUT2D eigenvalue weighted by molar-refractivity contribution is 0.181. The van der Waals surface area contributed by atoms with Crippen molar-refractivity contribution in [3.05, 3.63) is 27.7 Å². The molecule has 0 aliphatic heterocycles. The van der Waals surface area contributed by atoms with Gasteiger partial charge in [0, 0.05) is 7.11 Å².